The van der Waals surface area contributed by atoms with Gasteiger partial charge in [0.2, 0.25) is 0 Å². The summed E-state index contributed by atoms with van der Waals surface area (Å²) in [6.45, 7) is 1.51. The second-order valence-corrected chi connectivity index (χ2v) is 6.39. The number of nitrogens with zero attached hydrogens (tertiary/aromatic N) is 4. The van der Waals surface area contributed by atoms with Crippen LogP contribution in [-0.2, 0) is 7.05 Å². The van der Waals surface area contributed by atoms with Gasteiger partial charge in [0.25, 0.3) is 5.91 Å². The van der Waals surface area contributed by atoms with Crippen LogP contribution in [0.2, 0.25) is 0 Å². The molecule has 24 heavy (non-hydrogen) atoms. The van der Waals surface area contributed by atoms with Crippen LogP contribution in [0.1, 0.15) is 34.8 Å². The first kappa shape index (κ1) is 14.9. The fourth-order valence-corrected chi connectivity index (χ4v) is 3.61. The van der Waals surface area contributed by atoms with Gasteiger partial charge in [0, 0.05) is 61.7 Å². The fourth-order valence-electron chi connectivity index (χ4n) is 3.61. The van der Waals surface area contributed by atoms with Crippen LogP contribution in [0, 0.1) is 0 Å². The van der Waals surface area contributed by atoms with Gasteiger partial charge in [-0.15, -0.1) is 0 Å². The van der Waals surface area contributed by atoms with Gasteiger partial charge >= 0.3 is 0 Å². The Morgan fingerprint density at radius 2 is 2.12 bits per heavy atom. The fraction of sp³-hybridized carbons (Fsp3) is 0.316. The zero-order valence-corrected chi connectivity index (χ0v) is 13.7. The Morgan fingerprint density at radius 3 is 2.96 bits per heavy atom. The Balaban J connectivity index is 1.62. The van der Waals surface area contributed by atoms with E-state index in [1.165, 1.54) is 0 Å². The standard InChI is InChI=1S/C19H20N4O/c1-22-13-16(15-6-2-3-7-18(15)22)19(24)23-10-4-5-14(12-23)17-11-20-8-9-21-17/h2-3,6-9,11,13-14H,4-5,10,12H2,1H3/t14-/m0/s1. The first-order valence-electron chi connectivity index (χ1n) is 8.33. The third kappa shape index (κ3) is 2.56. The van der Waals surface area contributed by atoms with Gasteiger partial charge in [0.05, 0.1) is 11.3 Å². The molecule has 0 saturated carbocycles. The molecule has 1 saturated heterocycles. The molecule has 1 fully saturated rings. The van der Waals surface area contributed by atoms with E-state index in [0.29, 0.717) is 6.54 Å². The van der Waals surface area contributed by atoms with E-state index in [1.54, 1.807) is 12.4 Å². The minimum absolute atomic E-state index is 0.111. The third-order valence-electron chi connectivity index (χ3n) is 4.84. The maximum Gasteiger partial charge on any atom is 0.256 e. The lowest BCUT2D eigenvalue weighted by atomic mass is 9.94. The molecule has 3 aromatic rings. The molecule has 0 aliphatic carbocycles. The topological polar surface area (TPSA) is 51.0 Å². The molecular weight excluding hydrogens is 300 g/mol. The highest BCUT2D eigenvalue weighted by molar-refractivity contribution is 6.07. The molecule has 4 rings (SSSR count). The maximum atomic E-state index is 13.1. The zero-order chi connectivity index (χ0) is 16.5. The van der Waals surface area contributed by atoms with E-state index in [1.807, 2.05) is 53.2 Å². The Morgan fingerprint density at radius 1 is 1.25 bits per heavy atom. The van der Waals surface area contributed by atoms with Gasteiger partial charge in [-0.25, -0.2) is 0 Å². The molecule has 0 bridgehead atoms. The molecule has 5 heteroatoms. The van der Waals surface area contributed by atoms with Crippen molar-refractivity contribution in [3.8, 4) is 0 Å². The summed E-state index contributed by atoms with van der Waals surface area (Å²) in [4.78, 5) is 23.6. The average molecular weight is 320 g/mol. The normalized spacial score (nSPS) is 18.0. The minimum atomic E-state index is 0.111. The molecule has 0 radical (unpaired) electrons. The first-order chi connectivity index (χ1) is 11.7. The van der Waals surface area contributed by atoms with Crippen LogP contribution in [0.4, 0.5) is 0 Å². The van der Waals surface area contributed by atoms with Crippen LogP contribution in [0.3, 0.4) is 0 Å². The number of carbonyl (C=O) groups is 1. The van der Waals surface area contributed by atoms with Crippen molar-refractivity contribution < 1.29 is 4.79 Å². The predicted octanol–water partition coefficient (Wildman–Crippen LogP) is 2.99. The lowest BCUT2D eigenvalue weighted by Crippen LogP contribution is -2.39. The number of rotatable bonds is 2. The van der Waals surface area contributed by atoms with Crippen LogP contribution in [0.25, 0.3) is 10.9 Å². The van der Waals surface area contributed by atoms with E-state index in [2.05, 4.69) is 9.97 Å². The van der Waals surface area contributed by atoms with Crippen LogP contribution >= 0.6 is 0 Å². The summed E-state index contributed by atoms with van der Waals surface area (Å²) in [5, 5.41) is 1.02. The zero-order valence-electron chi connectivity index (χ0n) is 13.7. The largest absolute Gasteiger partial charge is 0.350 e. The van der Waals surface area contributed by atoms with Gasteiger partial charge in [0.15, 0.2) is 0 Å². The number of benzene rings is 1. The van der Waals surface area contributed by atoms with Gasteiger partial charge in [-0.1, -0.05) is 18.2 Å². The van der Waals surface area contributed by atoms with Crippen LogP contribution < -0.4 is 0 Å². The summed E-state index contributed by atoms with van der Waals surface area (Å²) in [6, 6.07) is 8.05. The Kier molecular flexibility index (Phi) is 3.76. The summed E-state index contributed by atoms with van der Waals surface area (Å²) >= 11 is 0. The van der Waals surface area contributed by atoms with Crippen molar-refractivity contribution in [3.05, 3.63) is 60.3 Å². The molecule has 1 atom stereocenters. The number of likely N-dealkylation sites (tertiary alicyclic amines) is 1. The number of aromatic nitrogens is 3. The highest BCUT2D eigenvalue weighted by Crippen LogP contribution is 2.28. The molecule has 5 nitrogen and oxygen atoms in total. The van der Waals surface area contributed by atoms with Crippen LogP contribution in [0.5, 0.6) is 0 Å². The average Bonchev–Trinajstić information content (AvgIpc) is 2.99. The lowest BCUT2D eigenvalue weighted by Gasteiger charge is -2.32. The quantitative estimate of drug-likeness (QED) is 0.729. The number of hydrogen-bond acceptors (Lipinski definition) is 3. The van der Waals surface area contributed by atoms with E-state index >= 15 is 0 Å². The van der Waals surface area contributed by atoms with Crippen molar-refractivity contribution in [2.45, 2.75) is 18.8 Å². The molecule has 1 aromatic carbocycles. The molecule has 1 amide bonds. The summed E-state index contributed by atoms with van der Waals surface area (Å²) in [7, 11) is 1.98. The third-order valence-corrected chi connectivity index (χ3v) is 4.84. The molecule has 2 aromatic heterocycles. The second-order valence-electron chi connectivity index (χ2n) is 6.39. The second kappa shape index (κ2) is 6.07. The van der Waals surface area contributed by atoms with E-state index in [9.17, 15) is 4.79 Å². The summed E-state index contributed by atoms with van der Waals surface area (Å²) in [6.07, 6.45) is 9.22. The van der Waals surface area contributed by atoms with Crippen molar-refractivity contribution in [1.29, 1.82) is 0 Å². The molecule has 3 heterocycles. The van der Waals surface area contributed by atoms with Crippen molar-refractivity contribution in [1.82, 2.24) is 19.4 Å². The van der Waals surface area contributed by atoms with Crippen molar-refractivity contribution in [2.24, 2.45) is 7.05 Å². The first-order valence-corrected chi connectivity index (χ1v) is 8.33. The van der Waals surface area contributed by atoms with Gasteiger partial charge in [0.1, 0.15) is 0 Å². The van der Waals surface area contributed by atoms with E-state index in [-0.39, 0.29) is 11.8 Å². The molecule has 1 aliphatic rings. The van der Waals surface area contributed by atoms with Crippen LogP contribution in [-0.4, -0.2) is 38.4 Å². The van der Waals surface area contributed by atoms with Crippen molar-refractivity contribution in [3.63, 3.8) is 0 Å². The summed E-state index contributed by atoms with van der Waals surface area (Å²) in [5.41, 5.74) is 2.85. The number of hydrogen-bond donors (Lipinski definition) is 0. The van der Waals surface area contributed by atoms with E-state index < -0.39 is 0 Å². The predicted molar refractivity (Wildman–Crippen MR) is 92.8 cm³/mol. The number of carbonyl (C=O) groups excluding carboxylic acids is 1. The minimum Gasteiger partial charge on any atom is -0.350 e. The molecule has 0 N–H and O–H groups in total. The van der Waals surface area contributed by atoms with Crippen molar-refractivity contribution in [2.75, 3.05) is 13.1 Å². The van der Waals surface area contributed by atoms with Gasteiger partial charge in [-0.3, -0.25) is 14.8 Å². The number of aryl methyl sites for hydroxylation is 1. The van der Waals surface area contributed by atoms with Gasteiger partial charge in [-0.05, 0) is 18.9 Å². The SMILES string of the molecule is Cn1cc(C(=O)N2CCC[C@H](c3cnccn3)C2)c2ccccc21. The molecule has 122 valence electrons. The maximum absolute atomic E-state index is 13.1. The highest BCUT2D eigenvalue weighted by atomic mass is 16.2. The summed E-state index contributed by atoms with van der Waals surface area (Å²) in [5.74, 6) is 0.381. The number of piperidine rings is 1. The van der Waals surface area contributed by atoms with E-state index in [0.717, 1.165) is 41.5 Å². The smallest absolute Gasteiger partial charge is 0.256 e. The number of fused-ring (bicyclic) bond motifs is 1. The highest BCUT2D eigenvalue weighted by Gasteiger charge is 2.27. The van der Waals surface area contributed by atoms with Crippen LogP contribution in [0.15, 0.2) is 49.1 Å². The van der Waals surface area contributed by atoms with E-state index in [4.69, 9.17) is 0 Å². The summed E-state index contributed by atoms with van der Waals surface area (Å²) < 4.78 is 2.02. The van der Waals surface area contributed by atoms with Gasteiger partial charge < -0.3 is 9.47 Å². The number of para-hydroxylation sites is 1. The van der Waals surface area contributed by atoms with Crippen molar-refractivity contribution >= 4 is 16.8 Å². The lowest BCUT2D eigenvalue weighted by molar-refractivity contribution is 0.0707. The Labute approximate surface area is 140 Å². The molecular formula is C19H20N4O. The molecule has 1 aliphatic heterocycles. The Bertz CT molecular complexity index is 871. The monoisotopic (exact) mass is 320 g/mol. The molecule has 0 spiro atoms. The molecule has 0 unspecified atom stereocenters. The Hall–Kier alpha value is -2.69. The number of amides is 1. The van der Waals surface area contributed by atoms with Gasteiger partial charge in [-0.2, -0.15) is 0 Å².